The lowest BCUT2D eigenvalue weighted by Gasteiger charge is -2.24. The van der Waals surface area contributed by atoms with E-state index in [1.54, 1.807) is 18.3 Å². The third-order valence-electron chi connectivity index (χ3n) is 4.39. The van der Waals surface area contributed by atoms with E-state index in [2.05, 4.69) is 20.5 Å². The van der Waals surface area contributed by atoms with Crippen molar-refractivity contribution in [1.82, 2.24) is 15.2 Å². The van der Waals surface area contributed by atoms with Crippen LogP contribution < -0.4 is 10.1 Å². The molecular weight excluding hydrogens is 400 g/mol. The second-order valence-electron chi connectivity index (χ2n) is 6.04. The number of carbonyl (C=O) groups excluding carboxylic acids is 1. The van der Waals surface area contributed by atoms with Gasteiger partial charge in [0, 0.05) is 24.1 Å². The number of methoxy groups -OCH3 is 1. The maximum Gasteiger partial charge on any atom is 0.290 e. The number of amides is 1. The fraction of sp³-hybridized carbons (Fsp3) is 0.158. The van der Waals surface area contributed by atoms with Crippen molar-refractivity contribution in [1.29, 1.82) is 0 Å². The highest BCUT2D eigenvalue weighted by atomic mass is 35.5. The summed E-state index contributed by atoms with van der Waals surface area (Å²) in [6.07, 6.45) is 1.91. The molecular formula is C19H17ClN4O5. The smallest absolute Gasteiger partial charge is 0.290 e. The lowest BCUT2D eigenvalue weighted by atomic mass is 9.85. The van der Waals surface area contributed by atoms with E-state index in [0.29, 0.717) is 5.82 Å². The van der Waals surface area contributed by atoms with Crippen molar-refractivity contribution in [3.05, 3.63) is 52.7 Å². The number of pyridine rings is 1. The van der Waals surface area contributed by atoms with Crippen molar-refractivity contribution in [2.75, 3.05) is 12.4 Å². The number of aromatic hydroxyl groups is 1. The number of nitrogens with one attached hydrogen (secondary N) is 2. The molecule has 0 saturated carbocycles. The number of halogens is 1. The Labute approximate surface area is 170 Å². The Kier molecular flexibility index (Phi) is 5.99. The molecule has 0 saturated heterocycles. The predicted octanol–water partition coefficient (Wildman–Crippen LogP) is 3.01. The number of hydrogen-bond acceptors (Lipinski definition) is 6. The van der Waals surface area contributed by atoms with Crippen LogP contribution in [-0.4, -0.2) is 44.9 Å². The predicted molar refractivity (Wildman–Crippen MR) is 105 cm³/mol. The molecule has 1 aliphatic rings. The van der Waals surface area contributed by atoms with E-state index in [-0.39, 0.29) is 41.2 Å². The Morgan fingerprint density at radius 3 is 2.76 bits per heavy atom. The van der Waals surface area contributed by atoms with Crippen molar-refractivity contribution in [3.63, 3.8) is 0 Å². The summed E-state index contributed by atoms with van der Waals surface area (Å²) in [5.41, 5.74) is 3.03. The number of hydrogen-bond donors (Lipinski definition) is 4. The van der Waals surface area contributed by atoms with Crippen LogP contribution in [0.1, 0.15) is 23.5 Å². The lowest BCUT2D eigenvalue weighted by Crippen LogP contribution is -2.23. The normalized spacial score (nSPS) is 14.8. The molecule has 1 aromatic carbocycles. The number of fused-ring (bicyclic) bond motifs is 1. The minimum Gasteiger partial charge on any atom is -0.503 e. The first-order valence-electron chi connectivity index (χ1n) is 8.43. The highest BCUT2D eigenvalue weighted by molar-refractivity contribution is 6.32. The van der Waals surface area contributed by atoms with Gasteiger partial charge in [-0.25, -0.2) is 0 Å². The zero-order chi connectivity index (χ0) is 21.0. The van der Waals surface area contributed by atoms with Crippen LogP contribution in [0.4, 0.5) is 5.82 Å². The third-order valence-corrected chi connectivity index (χ3v) is 4.68. The second kappa shape index (κ2) is 8.61. The number of aromatic nitrogens is 3. The van der Waals surface area contributed by atoms with E-state index in [4.69, 9.17) is 26.2 Å². The fourth-order valence-electron chi connectivity index (χ4n) is 3.20. The van der Waals surface area contributed by atoms with E-state index in [1.807, 2.05) is 18.2 Å². The molecule has 150 valence electrons. The van der Waals surface area contributed by atoms with Crippen molar-refractivity contribution in [2.24, 2.45) is 0 Å². The van der Waals surface area contributed by atoms with Crippen LogP contribution >= 0.6 is 11.6 Å². The topological polar surface area (TPSA) is 137 Å². The monoisotopic (exact) mass is 416 g/mol. The van der Waals surface area contributed by atoms with Crippen molar-refractivity contribution < 1.29 is 24.5 Å². The minimum absolute atomic E-state index is 0.129. The summed E-state index contributed by atoms with van der Waals surface area (Å²) in [5.74, 6) is 0.139. The van der Waals surface area contributed by atoms with Gasteiger partial charge in [0.15, 0.2) is 17.3 Å². The highest BCUT2D eigenvalue weighted by Gasteiger charge is 2.33. The Balaban J connectivity index is 0.000000755. The molecule has 3 aromatic rings. The van der Waals surface area contributed by atoms with Crippen LogP contribution in [0.15, 0.2) is 36.5 Å². The number of anilines is 1. The van der Waals surface area contributed by atoms with E-state index >= 15 is 0 Å². The van der Waals surface area contributed by atoms with Crippen molar-refractivity contribution in [2.45, 2.75) is 12.3 Å². The number of nitrogens with zero attached hydrogens (tertiary/aromatic N) is 2. The third kappa shape index (κ3) is 3.99. The standard InChI is InChI=1S/C18H15ClN4O3.CH2O2/c1-26-13-7-9(6-11(19)17(13)25)10-8-14(24)21-18-15(10)16(22-23-18)12-4-2-3-5-20-12;2-1-3/h2-7,10,25H,8H2,1H3,(H2,21,22,23,24);1H,(H,2,3). The molecule has 0 radical (unpaired) electrons. The van der Waals surface area contributed by atoms with Gasteiger partial charge in [-0.1, -0.05) is 17.7 Å². The molecule has 1 amide bonds. The zero-order valence-corrected chi connectivity index (χ0v) is 16.0. The van der Waals surface area contributed by atoms with E-state index in [0.717, 1.165) is 22.5 Å². The number of phenols is 1. The van der Waals surface area contributed by atoms with Crippen LogP contribution in [0, 0.1) is 0 Å². The largest absolute Gasteiger partial charge is 0.503 e. The van der Waals surface area contributed by atoms with Gasteiger partial charge < -0.3 is 20.3 Å². The lowest BCUT2D eigenvalue weighted by molar-refractivity contribution is -0.123. The maximum atomic E-state index is 12.2. The average molecular weight is 417 g/mol. The molecule has 0 bridgehead atoms. The first-order chi connectivity index (χ1) is 14.0. The summed E-state index contributed by atoms with van der Waals surface area (Å²) in [5, 5.41) is 27.0. The van der Waals surface area contributed by atoms with Gasteiger partial charge in [0.25, 0.3) is 6.47 Å². The summed E-state index contributed by atoms with van der Waals surface area (Å²) >= 11 is 6.14. The number of benzene rings is 1. The first-order valence-corrected chi connectivity index (χ1v) is 8.81. The molecule has 2 aromatic heterocycles. The summed E-state index contributed by atoms with van der Waals surface area (Å²) in [6, 6.07) is 8.90. The molecule has 0 fully saturated rings. The zero-order valence-electron chi connectivity index (χ0n) is 15.2. The molecule has 29 heavy (non-hydrogen) atoms. The fourth-order valence-corrected chi connectivity index (χ4v) is 3.42. The van der Waals surface area contributed by atoms with Crippen LogP contribution in [-0.2, 0) is 9.59 Å². The number of ether oxygens (including phenoxy) is 1. The van der Waals surface area contributed by atoms with Crippen LogP contribution in [0.3, 0.4) is 0 Å². The Hall–Kier alpha value is -3.59. The van der Waals surface area contributed by atoms with Gasteiger partial charge in [-0.15, -0.1) is 0 Å². The highest BCUT2D eigenvalue weighted by Crippen LogP contribution is 2.45. The molecule has 0 aliphatic carbocycles. The van der Waals surface area contributed by atoms with Gasteiger partial charge in [0.05, 0.1) is 23.5 Å². The molecule has 4 rings (SSSR count). The molecule has 1 atom stereocenters. The Morgan fingerprint density at radius 2 is 2.10 bits per heavy atom. The minimum atomic E-state index is -0.304. The van der Waals surface area contributed by atoms with Crippen molar-refractivity contribution in [3.8, 4) is 22.9 Å². The van der Waals surface area contributed by atoms with E-state index < -0.39 is 0 Å². The van der Waals surface area contributed by atoms with Crippen LogP contribution in [0.2, 0.25) is 5.02 Å². The molecule has 4 N–H and O–H groups in total. The molecule has 9 nitrogen and oxygen atoms in total. The number of carboxylic acid groups (broad SMARTS) is 1. The van der Waals surface area contributed by atoms with Crippen LogP contribution in [0.5, 0.6) is 11.5 Å². The summed E-state index contributed by atoms with van der Waals surface area (Å²) < 4.78 is 5.20. The number of aromatic amines is 1. The number of phenolic OH excluding ortho intramolecular Hbond substituents is 1. The Morgan fingerprint density at radius 1 is 1.34 bits per heavy atom. The van der Waals surface area contributed by atoms with Gasteiger partial charge in [-0.05, 0) is 29.8 Å². The van der Waals surface area contributed by atoms with Gasteiger partial charge in [0.1, 0.15) is 0 Å². The summed E-state index contributed by atoms with van der Waals surface area (Å²) in [7, 11) is 1.45. The average Bonchev–Trinajstić information content (AvgIpc) is 3.14. The van der Waals surface area contributed by atoms with E-state index in [1.165, 1.54) is 7.11 Å². The number of H-pyrrole nitrogens is 1. The Bertz CT molecular complexity index is 1040. The quantitative estimate of drug-likeness (QED) is 0.481. The van der Waals surface area contributed by atoms with E-state index in [9.17, 15) is 9.90 Å². The molecule has 0 spiro atoms. The van der Waals surface area contributed by atoms with Crippen molar-refractivity contribution >= 4 is 29.8 Å². The molecule has 1 aliphatic heterocycles. The second-order valence-corrected chi connectivity index (χ2v) is 6.45. The molecule has 1 unspecified atom stereocenters. The SMILES string of the molecule is COc1cc(C2CC(=O)Nc3n[nH]c(-c4ccccn4)c32)cc(Cl)c1O.O=CO. The summed E-state index contributed by atoms with van der Waals surface area (Å²) in [6.45, 7) is -0.250. The summed E-state index contributed by atoms with van der Waals surface area (Å²) in [4.78, 5) is 24.9. The maximum absolute atomic E-state index is 12.2. The van der Waals surface area contributed by atoms with Gasteiger partial charge >= 0.3 is 0 Å². The van der Waals surface area contributed by atoms with Gasteiger partial charge in [-0.3, -0.25) is 19.7 Å². The molecule has 10 heteroatoms. The molecule has 3 heterocycles. The number of carbonyl (C=O) groups is 2. The van der Waals surface area contributed by atoms with Gasteiger partial charge in [0.2, 0.25) is 5.91 Å². The van der Waals surface area contributed by atoms with Crippen LogP contribution in [0.25, 0.3) is 11.4 Å². The van der Waals surface area contributed by atoms with Gasteiger partial charge in [-0.2, -0.15) is 5.10 Å². The first kappa shape index (κ1) is 20.2. The number of rotatable bonds is 3.